The lowest BCUT2D eigenvalue weighted by Crippen LogP contribution is -2.02. The molecule has 0 aliphatic carbocycles. The number of rotatable bonds is 9. The molecule has 0 spiro atoms. The first-order valence-electron chi connectivity index (χ1n) is 8.15. The zero-order chi connectivity index (χ0) is 16.8. The first-order chi connectivity index (χ1) is 11.8. The van der Waals surface area contributed by atoms with E-state index in [2.05, 4.69) is 56.3 Å². The quantitative estimate of drug-likeness (QED) is 0.532. The average Bonchev–Trinajstić information content (AvgIpc) is 3.32. The standard InChI is InChI=1S/C16H21N5OS2/c1-3-4-7-14-18-15(22-20-14)12(2)24-16-19-17-11-21(16)9-8-13-6-5-10-23-13/h5-6,10-12H,3-4,7-9H2,1-2H3. The maximum Gasteiger partial charge on any atom is 0.239 e. The summed E-state index contributed by atoms with van der Waals surface area (Å²) in [4.78, 5) is 5.86. The van der Waals surface area contributed by atoms with Crippen molar-refractivity contribution in [2.24, 2.45) is 0 Å². The Labute approximate surface area is 149 Å². The lowest BCUT2D eigenvalue weighted by molar-refractivity contribution is 0.374. The van der Waals surface area contributed by atoms with Gasteiger partial charge in [0, 0.05) is 17.8 Å². The summed E-state index contributed by atoms with van der Waals surface area (Å²) >= 11 is 3.38. The van der Waals surface area contributed by atoms with Crippen LogP contribution in [0.25, 0.3) is 0 Å². The Morgan fingerprint density at radius 2 is 2.29 bits per heavy atom. The van der Waals surface area contributed by atoms with Gasteiger partial charge in [-0.15, -0.1) is 21.5 Å². The molecular weight excluding hydrogens is 342 g/mol. The van der Waals surface area contributed by atoms with Gasteiger partial charge in [0.05, 0.1) is 5.25 Å². The Morgan fingerprint density at radius 3 is 3.08 bits per heavy atom. The van der Waals surface area contributed by atoms with Crippen LogP contribution in [0.15, 0.2) is 33.5 Å². The molecule has 24 heavy (non-hydrogen) atoms. The fourth-order valence-corrected chi connectivity index (χ4v) is 3.83. The number of hydrogen-bond acceptors (Lipinski definition) is 7. The van der Waals surface area contributed by atoms with Crippen LogP contribution in [0.4, 0.5) is 0 Å². The minimum absolute atomic E-state index is 0.0533. The van der Waals surface area contributed by atoms with Crippen molar-refractivity contribution in [3.05, 3.63) is 40.4 Å². The van der Waals surface area contributed by atoms with Crippen LogP contribution in [0.3, 0.4) is 0 Å². The van der Waals surface area contributed by atoms with Crippen LogP contribution >= 0.6 is 23.1 Å². The molecule has 128 valence electrons. The maximum absolute atomic E-state index is 5.39. The van der Waals surface area contributed by atoms with Crippen molar-refractivity contribution in [1.29, 1.82) is 0 Å². The number of unbranched alkanes of at least 4 members (excludes halogenated alkanes) is 1. The molecule has 3 rings (SSSR count). The Kier molecular flexibility index (Phi) is 6.03. The third-order valence-electron chi connectivity index (χ3n) is 3.63. The fraction of sp³-hybridized carbons (Fsp3) is 0.500. The lowest BCUT2D eigenvalue weighted by atomic mass is 10.2. The minimum Gasteiger partial charge on any atom is -0.338 e. The molecule has 0 amide bonds. The fourth-order valence-electron chi connectivity index (χ4n) is 2.25. The van der Waals surface area contributed by atoms with E-state index in [1.165, 1.54) is 4.88 Å². The summed E-state index contributed by atoms with van der Waals surface area (Å²) in [5, 5.41) is 15.4. The molecule has 0 fully saturated rings. The lowest BCUT2D eigenvalue weighted by Gasteiger charge is -2.08. The highest BCUT2D eigenvalue weighted by Gasteiger charge is 2.18. The van der Waals surface area contributed by atoms with Crippen LogP contribution in [0.1, 0.15) is 48.5 Å². The molecule has 3 aromatic heterocycles. The highest BCUT2D eigenvalue weighted by molar-refractivity contribution is 7.99. The van der Waals surface area contributed by atoms with Crippen molar-refractivity contribution in [1.82, 2.24) is 24.9 Å². The number of aromatic nitrogens is 5. The smallest absolute Gasteiger partial charge is 0.239 e. The number of hydrogen-bond donors (Lipinski definition) is 0. The molecule has 0 bridgehead atoms. The van der Waals surface area contributed by atoms with Gasteiger partial charge in [-0.25, -0.2) is 0 Å². The molecule has 0 N–H and O–H groups in total. The first kappa shape index (κ1) is 17.2. The molecule has 0 saturated carbocycles. The van der Waals surface area contributed by atoms with Crippen LogP contribution in [0.2, 0.25) is 0 Å². The second kappa shape index (κ2) is 8.43. The predicted molar refractivity (Wildman–Crippen MR) is 95.2 cm³/mol. The first-order valence-corrected chi connectivity index (χ1v) is 9.91. The molecule has 0 radical (unpaired) electrons. The highest BCUT2D eigenvalue weighted by Crippen LogP contribution is 2.32. The molecule has 3 aromatic rings. The predicted octanol–water partition coefficient (Wildman–Crippen LogP) is 4.16. The molecule has 3 heterocycles. The SMILES string of the molecule is CCCCc1noc(C(C)Sc2nncn2CCc2cccs2)n1. The number of aryl methyl sites for hydroxylation is 3. The summed E-state index contributed by atoms with van der Waals surface area (Å²) in [5.41, 5.74) is 0. The zero-order valence-electron chi connectivity index (χ0n) is 13.9. The van der Waals surface area contributed by atoms with Gasteiger partial charge in [-0.1, -0.05) is 36.3 Å². The van der Waals surface area contributed by atoms with Crippen LogP contribution in [-0.2, 0) is 19.4 Å². The van der Waals surface area contributed by atoms with Gasteiger partial charge >= 0.3 is 0 Å². The molecule has 8 heteroatoms. The zero-order valence-corrected chi connectivity index (χ0v) is 15.5. The van der Waals surface area contributed by atoms with E-state index in [4.69, 9.17) is 4.52 Å². The van der Waals surface area contributed by atoms with E-state index in [1.807, 2.05) is 0 Å². The van der Waals surface area contributed by atoms with Crippen molar-refractivity contribution in [3.63, 3.8) is 0 Å². The van der Waals surface area contributed by atoms with Gasteiger partial charge in [-0.05, 0) is 31.2 Å². The van der Waals surface area contributed by atoms with Crippen molar-refractivity contribution in [2.75, 3.05) is 0 Å². The summed E-state index contributed by atoms with van der Waals surface area (Å²) in [6.45, 7) is 5.08. The van der Waals surface area contributed by atoms with E-state index in [-0.39, 0.29) is 5.25 Å². The minimum atomic E-state index is 0.0533. The Morgan fingerprint density at radius 1 is 1.38 bits per heavy atom. The number of nitrogens with zero attached hydrogens (tertiary/aromatic N) is 5. The molecule has 0 aromatic carbocycles. The molecule has 0 aliphatic heterocycles. The summed E-state index contributed by atoms with van der Waals surface area (Å²) in [6, 6.07) is 4.23. The largest absolute Gasteiger partial charge is 0.338 e. The van der Waals surface area contributed by atoms with E-state index in [0.29, 0.717) is 5.89 Å². The van der Waals surface area contributed by atoms with Gasteiger partial charge in [-0.3, -0.25) is 0 Å². The highest BCUT2D eigenvalue weighted by atomic mass is 32.2. The Balaban J connectivity index is 1.59. The normalized spacial score (nSPS) is 12.6. The van der Waals surface area contributed by atoms with Crippen LogP contribution in [0, 0.1) is 0 Å². The van der Waals surface area contributed by atoms with E-state index in [1.54, 1.807) is 29.4 Å². The molecule has 1 unspecified atom stereocenters. The van der Waals surface area contributed by atoms with E-state index in [9.17, 15) is 0 Å². The van der Waals surface area contributed by atoms with Gasteiger partial charge in [0.2, 0.25) is 5.89 Å². The number of thiophene rings is 1. The monoisotopic (exact) mass is 363 g/mol. The van der Waals surface area contributed by atoms with E-state index < -0.39 is 0 Å². The molecular formula is C16H21N5OS2. The molecule has 1 atom stereocenters. The molecule has 0 aliphatic rings. The van der Waals surface area contributed by atoms with Gasteiger partial charge in [0.15, 0.2) is 11.0 Å². The van der Waals surface area contributed by atoms with Crippen LogP contribution < -0.4 is 0 Å². The second-order valence-corrected chi connectivity index (χ2v) is 7.89. The Hall–Kier alpha value is -1.67. The van der Waals surface area contributed by atoms with Gasteiger partial charge < -0.3 is 9.09 Å². The van der Waals surface area contributed by atoms with E-state index in [0.717, 1.165) is 43.2 Å². The van der Waals surface area contributed by atoms with Crippen molar-refractivity contribution >= 4 is 23.1 Å². The van der Waals surface area contributed by atoms with Crippen molar-refractivity contribution < 1.29 is 4.52 Å². The molecule has 6 nitrogen and oxygen atoms in total. The number of thioether (sulfide) groups is 1. The second-order valence-electron chi connectivity index (χ2n) is 5.55. The third-order valence-corrected chi connectivity index (χ3v) is 5.65. The van der Waals surface area contributed by atoms with Crippen molar-refractivity contribution in [3.8, 4) is 0 Å². The summed E-state index contributed by atoms with van der Waals surface area (Å²) in [7, 11) is 0. The Bertz CT molecular complexity index is 737. The third kappa shape index (κ3) is 4.45. The van der Waals surface area contributed by atoms with Crippen molar-refractivity contribution in [2.45, 2.75) is 56.5 Å². The van der Waals surface area contributed by atoms with E-state index >= 15 is 0 Å². The summed E-state index contributed by atoms with van der Waals surface area (Å²) in [5.74, 6) is 1.44. The maximum atomic E-state index is 5.39. The van der Waals surface area contributed by atoms with Crippen LogP contribution in [-0.4, -0.2) is 24.9 Å². The average molecular weight is 364 g/mol. The van der Waals surface area contributed by atoms with Gasteiger partial charge in [0.1, 0.15) is 6.33 Å². The van der Waals surface area contributed by atoms with Gasteiger partial charge in [0.25, 0.3) is 0 Å². The summed E-state index contributed by atoms with van der Waals surface area (Å²) in [6.07, 6.45) is 5.84. The van der Waals surface area contributed by atoms with Gasteiger partial charge in [-0.2, -0.15) is 4.98 Å². The van der Waals surface area contributed by atoms with Crippen LogP contribution in [0.5, 0.6) is 0 Å². The molecule has 0 saturated heterocycles. The topological polar surface area (TPSA) is 69.6 Å². The summed E-state index contributed by atoms with van der Waals surface area (Å²) < 4.78 is 7.47.